The van der Waals surface area contributed by atoms with E-state index in [1.807, 2.05) is 19.9 Å². The molecule has 9 nitrogen and oxygen atoms in total. The van der Waals surface area contributed by atoms with Crippen LogP contribution in [0.25, 0.3) is 0 Å². The molecule has 1 aliphatic rings. The molecular formula is C23H26N2O7S. The third-order valence-electron chi connectivity index (χ3n) is 4.97. The number of ether oxygens (including phenoxy) is 2. The molecule has 0 bridgehead atoms. The molecule has 0 aromatic carbocycles. The van der Waals surface area contributed by atoms with Gasteiger partial charge < -0.3 is 24.5 Å². The molecule has 2 N–H and O–H groups in total. The van der Waals surface area contributed by atoms with Crippen molar-refractivity contribution in [1.29, 1.82) is 0 Å². The molecule has 0 radical (unpaired) electrons. The molecule has 0 unspecified atom stereocenters. The van der Waals surface area contributed by atoms with E-state index < -0.39 is 24.0 Å². The van der Waals surface area contributed by atoms with Crippen LogP contribution in [0.4, 0.5) is 4.79 Å². The molecular weight excluding hydrogens is 448 g/mol. The average molecular weight is 475 g/mol. The number of aryl methyl sites for hydroxylation is 3. The highest BCUT2D eigenvalue weighted by molar-refractivity contribution is 7.12. The molecule has 3 rings (SSSR count). The van der Waals surface area contributed by atoms with Crippen molar-refractivity contribution in [3.8, 4) is 0 Å². The van der Waals surface area contributed by atoms with Gasteiger partial charge in [-0.1, -0.05) is 0 Å². The van der Waals surface area contributed by atoms with E-state index in [9.17, 15) is 19.2 Å². The highest BCUT2D eigenvalue weighted by atomic mass is 32.1. The third-order valence-corrected chi connectivity index (χ3v) is 5.94. The van der Waals surface area contributed by atoms with Gasteiger partial charge in [-0.05, 0) is 45.9 Å². The maximum Gasteiger partial charge on any atom is 0.338 e. The Labute approximate surface area is 195 Å². The molecule has 1 aliphatic heterocycles. The molecule has 10 heteroatoms. The lowest BCUT2D eigenvalue weighted by atomic mass is 10.0. The van der Waals surface area contributed by atoms with E-state index in [1.54, 1.807) is 26.0 Å². The minimum Gasteiger partial charge on any atom is -0.464 e. The van der Waals surface area contributed by atoms with Gasteiger partial charge in [-0.2, -0.15) is 0 Å². The van der Waals surface area contributed by atoms with Gasteiger partial charge in [0.25, 0.3) is 0 Å². The molecule has 176 valence electrons. The van der Waals surface area contributed by atoms with Gasteiger partial charge in [0.15, 0.2) is 5.78 Å². The number of furan rings is 1. The van der Waals surface area contributed by atoms with Gasteiger partial charge in [-0.25, -0.2) is 9.59 Å². The fraction of sp³-hybridized carbons (Fsp3) is 0.391. The summed E-state index contributed by atoms with van der Waals surface area (Å²) in [5.41, 5.74) is 0.791. The summed E-state index contributed by atoms with van der Waals surface area (Å²) in [4.78, 5) is 51.5. The largest absolute Gasteiger partial charge is 0.464 e. The van der Waals surface area contributed by atoms with Crippen LogP contribution in [0.3, 0.4) is 0 Å². The van der Waals surface area contributed by atoms with E-state index in [0.717, 1.165) is 9.75 Å². The number of nitrogens with one attached hydrogen (secondary N) is 2. The minimum atomic E-state index is -0.897. The first-order chi connectivity index (χ1) is 15.7. The Balaban J connectivity index is 1.72. The van der Waals surface area contributed by atoms with Gasteiger partial charge in [0, 0.05) is 21.7 Å². The van der Waals surface area contributed by atoms with Crippen LogP contribution >= 0.6 is 11.3 Å². The van der Waals surface area contributed by atoms with E-state index in [1.165, 1.54) is 11.3 Å². The summed E-state index contributed by atoms with van der Waals surface area (Å²) in [6.07, 6.45) is -0.121. The van der Waals surface area contributed by atoms with Gasteiger partial charge in [-0.15, -0.1) is 11.3 Å². The van der Waals surface area contributed by atoms with Crippen molar-refractivity contribution in [2.24, 2.45) is 0 Å². The number of amides is 2. The maximum absolute atomic E-state index is 12.7. The average Bonchev–Trinajstić information content (AvgIpc) is 3.34. The summed E-state index contributed by atoms with van der Waals surface area (Å²) >= 11 is 1.53. The first-order valence-corrected chi connectivity index (χ1v) is 11.3. The molecule has 1 atom stereocenters. The van der Waals surface area contributed by atoms with Crippen LogP contribution in [0, 0.1) is 20.8 Å². The molecule has 2 aromatic rings. The number of hydrogen-bond donors (Lipinski definition) is 2. The third kappa shape index (κ3) is 5.89. The van der Waals surface area contributed by atoms with E-state index in [4.69, 9.17) is 13.9 Å². The molecule has 2 amide bonds. The molecule has 0 saturated carbocycles. The van der Waals surface area contributed by atoms with Crippen molar-refractivity contribution >= 4 is 35.1 Å². The number of Topliss-reactive ketones (excluding diaryl/α,β-unsaturated/α-hetero) is 1. The lowest BCUT2D eigenvalue weighted by molar-refractivity contribution is -0.143. The molecule has 2 aromatic heterocycles. The van der Waals surface area contributed by atoms with Crippen LogP contribution in [0.5, 0.6) is 0 Å². The highest BCUT2D eigenvalue weighted by Gasteiger charge is 2.36. The molecule has 0 saturated heterocycles. The Morgan fingerprint density at radius 1 is 1.12 bits per heavy atom. The van der Waals surface area contributed by atoms with Crippen molar-refractivity contribution in [1.82, 2.24) is 10.6 Å². The number of carbonyl (C=O) groups is 4. The van der Waals surface area contributed by atoms with Crippen LogP contribution in [-0.4, -0.2) is 37.0 Å². The van der Waals surface area contributed by atoms with Crippen molar-refractivity contribution in [2.75, 3.05) is 13.2 Å². The zero-order chi connectivity index (χ0) is 24.1. The Morgan fingerprint density at radius 3 is 2.48 bits per heavy atom. The van der Waals surface area contributed by atoms with Crippen LogP contribution in [0.2, 0.25) is 0 Å². The standard InChI is InChI=1S/C23H26N2O7S/c1-5-30-22(28)20-16(24-23(29)25-21(20)18-8-6-12(2)32-18)11-31-19(27)9-7-17(26)15-10-13(3)33-14(15)4/h6,8,10,21H,5,7,9,11H2,1-4H3,(H2,24,25,29)/t21-/m1/s1. The van der Waals surface area contributed by atoms with Crippen molar-refractivity contribution in [3.63, 3.8) is 0 Å². The van der Waals surface area contributed by atoms with Crippen molar-refractivity contribution < 1.29 is 33.1 Å². The number of hydrogen-bond acceptors (Lipinski definition) is 8. The van der Waals surface area contributed by atoms with Gasteiger partial charge >= 0.3 is 18.0 Å². The summed E-state index contributed by atoms with van der Waals surface area (Å²) in [5, 5.41) is 5.14. The SMILES string of the molecule is CCOC(=O)C1=C(COC(=O)CCC(=O)c2cc(C)sc2C)NC(=O)N[C@@H]1c1ccc(C)o1. The van der Waals surface area contributed by atoms with E-state index in [2.05, 4.69) is 10.6 Å². The number of rotatable bonds is 9. The summed E-state index contributed by atoms with van der Waals surface area (Å²) in [5.74, 6) is -0.477. The Morgan fingerprint density at radius 2 is 1.88 bits per heavy atom. The molecule has 0 spiro atoms. The summed E-state index contributed by atoms with van der Waals surface area (Å²) in [6, 6.07) is 3.69. The summed E-state index contributed by atoms with van der Waals surface area (Å²) in [6.45, 7) is 6.94. The lowest BCUT2D eigenvalue weighted by Crippen LogP contribution is -2.47. The second-order valence-corrected chi connectivity index (χ2v) is 8.96. The van der Waals surface area contributed by atoms with Gasteiger partial charge in [-0.3, -0.25) is 9.59 Å². The number of ketones is 1. The molecule has 0 fully saturated rings. The number of esters is 2. The Bertz CT molecular complexity index is 1110. The molecule has 3 heterocycles. The second kappa shape index (κ2) is 10.5. The van der Waals surface area contributed by atoms with Crippen LogP contribution in [0.15, 0.2) is 33.9 Å². The monoisotopic (exact) mass is 474 g/mol. The Kier molecular flexibility index (Phi) is 7.70. The van der Waals surface area contributed by atoms with Crippen LogP contribution in [0.1, 0.15) is 57.4 Å². The topological polar surface area (TPSA) is 124 Å². The summed E-state index contributed by atoms with van der Waals surface area (Å²) in [7, 11) is 0. The second-order valence-electron chi connectivity index (χ2n) is 7.50. The number of thiophene rings is 1. The fourth-order valence-corrected chi connectivity index (χ4v) is 4.43. The first-order valence-electron chi connectivity index (χ1n) is 10.5. The first kappa shape index (κ1) is 24.2. The van der Waals surface area contributed by atoms with Crippen LogP contribution < -0.4 is 10.6 Å². The van der Waals surface area contributed by atoms with Gasteiger partial charge in [0.05, 0.1) is 24.3 Å². The van der Waals surface area contributed by atoms with Crippen molar-refractivity contribution in [2.45, 2.75) is 46.6 Å². The Hall–Kier alpha value is -3.40. The van der Waals surface area contributed by atoms with E-state index >= 15 is 0 Å². The smallest absolute Gasteiger partial charge is 0.338 e. The molecule has 33 heavy (non-hydrogen) atoms. The summed E-state index contributed by atoms with van der Waals surface area (Å²) < 4.78 is 16.0. The quantitative estimate of drug-likeness (QED) is 0.420. The van der Waals surface area contributed by atoms with Crippen molar-refractivity contribution in [3.05, 3.63) is 56.3 Å². The highest BCUT2D eigenvalue weighted by Crippen LogP contribution is 2.29. The van der Waals surface area contributed by atoms with Gasteiger partial charge in [0.1, 0.15) is 24.2 Å². The lowest BCUT2D eigenvalue weighted by Gasteiger charge is -2.27. The number of carbonyl (C=O) groups excluding carboxylic acids is 4. The zero-order valence-corrected chi connectivity index (χ0v) is 19.7. The van der Waals surface area contributed by atoms with Crippen LogP contribution in [-0.2, 0) is 19.1 Å². The van der Waals surface area contributed by atoms with Gasteiger partial charge in [0.2, 0.25) is 0 Å². The predicted octanol–water partition coefficient (Wildman–Crippen LogP) is 3.64. The zero-order valence-electron chi connectivity index (χ0n) is 18.9. The predicted molar refractivity (Wildman–Crippen MR) is 120 cm³/mol. The van der Waals surface area contributed by atoms with E-state index in [-0.39, 0.29) is 43.1 Å². The fourth-order valence-electron chi connectivity index (χ4n) is 3.49. The number of urea groups is 1. The van der Waals surface area contributed by atoms with E-state index in [0.29, 0.717) is 17.1 Å². The molecule has 0 aliphatic carbocycles. The maximum atomic E-state index is 12.7. The minimum absolute atomic E-state index is 0.00183. The normalized spacial score (nSPS) is 15.6.